The molecule has 2 aromatic rings. The molecule has 1 saturated carbocycles. The maximum Gasteiger partial charge on any atom is 0.161 e. The molecule has 1 spiro atoms. The minimum absolute atomic E-state index is 0.481. The number of nitrogens with zero attached hydrogens (tertiary/aromatic N) is 2. The van der Waals surface area contributed by atoms with Gasteiger partial charge >= 0.3 is 0 Å². The molecule has 2 saturated heterocycles. The van der Waals surface area contributed by atoms with Gasteiger partial charge in [0.05, 0.1) is 14.2 Å². The number of piperidine rings is 1. The van der Waals surface area contributed by atoms with E-state index in [1.54, 1.807) is 19.8 Å². The van der Waals surface area contributed by atoms with E-state index < -0.39 is 0 Å². The van der Waals surface area contributed by atoms with E-state index in [1.165, 1.54) is 68.6 Å². The highest BCUT2D eigenvalue weighted by molar-refractivity contribution is 5.53. The fourth-order valence-corrected chi connectivity index (χ4v) is 7.93. The van der Waals surface area contributed by atoms with Crippen molar-refractivity contribution in [1.82, 2.24) is 15.1 Å². The topological polar surface area (TPSA) is 37.0 Å². The highest BCUT2D eigenvalue weighted by atomic mass is 16.5. The zero-order chi connectivity index (χ0) is 25.6. The molecule has 1 N–H and O–H groups in total. The van der Waals surface area contributed by atoms with E-state index >= 15 is 0 Å². The van der Waals surface area contributed by atoms with Crippen molar-refractivity contribution >= 4 is 0 Å². The molecule has 37 heavy (non-hydrogen) atoms. The Morgan fingerprint density at radius 1 is 0.973 bits per heavy atom. The maximum atomic E-state index is 5.62. The van der Waals surface area contributed by atoms with Gasteiger partial charge in [0.1, 0.15) is 0 Å². The molecule has 3 atom stereocenters. The first kappa shape index (κ1) is 25.2. The third kappa shape index (κ3) is 4.47. The summed E-state index contributed by atoms with van der Waals surface area (Å²) in [6.45, 7) is 11.7. The number of ether oxygens (including phenoxy) is 2. The van der Waals surface area contributed by atoms with Crippen LogP contribution in [0.3, 0.4) is 0 Å². The Kier molecular flexibility index (Phi) is 6.98. The van der Waals surface area contributed by atoms with Gasteiger partial charge in [-0.15, -0.1) is 0 Å². The smallest absolute Gasteiger partial charge is 0.161 e. The van der Waals surface area contributed by atoms with Crippen LogP contribution in [0.2, 0.25) is 0 Å². The van der Waals surface area contributed by atoms with Crippen molar-refractivity contribution in [3.8, 4) is 11.5 Å². The fourth-order valence-electron chi connectivity index (χ4n) is 7.93. The first-order valence-corrected chi connectivity index (χ1v) is 14.6. The lowest BCUT2D eigenvalue weighted by atomic mass is 9.58. The van der Waals surface area contributed by atoms with Gasteiger partial charge in [0.25, 0.3) is 0 Å². The van der Waals surface area contributed by atoms with E-state index in [2.05, 4.69) is 65.4 Å². The summed E-state index contributed by atoms with van der Waals surface area (Å²) in [5.41, 5.74) is 6.51. The number of hydrogen-bond donors (Lipinski definition) is 1. The molecule has 0 amide bonds. The van der Waals surface area contributed by atoms with Gasteiger partial charge in [0.2, 0.25) is 0 Å². The summed E-state index contributed by atoms with van der Waals surface area (Å²) in [6, 6.07) is 14.9. The lowest BCUT2D eigenvalue weighted by molar-refractivity contribution is -0.0902. The van der Waals surface area contributed by atoms with Crippen molar-refractivity contribution in [1.29, 1.82) is 0 Å². The largest absolute Gasteiger partial charge is 0.493 e. The molecule has 0 bridgehead atoms. The molecule has 3 fully saturated rings. The van der Waals surface area contributed by atoms with Crippen molar-refractivity contribution in [3.63, 3.8) is 0 Å². The third-order valence-corrected chi connectivity index (χ3v) is 10.1. The monoisotopic (exact) mass is 503 g/mol. The van der Waals surface area contributed by atoms with Crippen LogP contribution in [0.25, 0.3) is 0 Å². The summed E-state index contributed by atoms with van der Waals surface area (Å²) in [5.74, 6) is 2.84. The van der Waals surface area contributed by atoms with Crippen molar-refractivity contribution in [2.24, 2.45) is 5.41 Å². The Labute approximate surface area is 223 Å². The highest BCUT2D eigenvalue weighted by Gasteiger charge is 2.52. The first-order valence-electron chi connectivity index (χ1n) is 14.6. The van der Waals surface area contributed by atoms with E-state index in [4.69, 9.17) is 9.47 Å². The molecule has 0 aromatic heterocycles. The second kappa shape index (κ2) is 10.2. The van der Waals surface area contributed by atoms with Gasteiger partial charge in [-0.1, -0.05) is 38.1 Å². The molecule has 2 aliphatic carbocycles. The summed E-state index contributed by atoms with van der Waals surface area (Å²) in [5, 5.41) is 3.62. The minimum Gasteiger partial charge on any atom is -0.493 e. The highest BCUT2D eigenvalue weighted by Crippen LogP contribution is 2.53. The third-order valence-electron chi connectivity index (χ3n) is 10.1. The van der Waals surface area contributed by atoms with Crippen LogP contribution >= 0.6 is 0 Å². The molecular weight excluding hydrogens is 458 g/mol. The molecule has 2 unspecified atom stereocenters. The quantitative estimate of drug-likeness (QED) is 0.551. The Morgan fingerprint density at radius 2 is 1.73 bits per heavy atom. The van der Waals surface area contributed by atoms with Crippen molar-refractivity contribution in [2.75, 3.05) is 53.5 Å². The Bertz CT molecular complexity index is 1110. The Hall–Kier alpha value is -2.08. The van der Waals surface area contributed by atoms with E-state index in [0.29, 0.717) is 23.3 Å². The van der Waals surface area contributed by atoms with Crippen LogP contribution < -0.4 is 14.8 Å². The van der Waals surface area contributed by atoms with Gasteiger partial charge < -0.3 is 14.8 Å². The lowest BCUT2D eigenvalue weighted by Crippen LogP contribution is -2.63. The van der Waals surface area contributed by atoms with E-state index in [0.717, 1.165) is 37.1 Å². The van der Waals surface area contributed by atoms with Crippen LogP contribution in [-0.4, -0.2) is 69.3 Å². The summed E-state index contributed by atoms with van der Waals surface area (Å²) in [7, 11) is 3.47. The molecule has 4 aliphatic rings. The van der Waals surface area contributed by atoms with Crippen LogP contribution in [0.5, 0.6) is 11.5 Å². The van der Waals surface area contributed by atoms with Gasteiger partial charge in [-0.25, -0.2) is 0 Å². The van der Waals surface area contributed by atoms with Crippen LogP contribution in [0.15, 0.2) is 36.4 Å². The second-order valence-corrected chi connectivity index (χ2v) is 12.3. The molecule has 0 radical (unpaired) electrons. The number of benzene rings is 2. The van der Waals surface area contributed by atoms with Crippen LogP contribution in [-0.2, 0) is 6.42 Å². The van der Waals surface area contributed by atoms with Crippen LogP contribution in [0, 0.1) is 5.41 Å². The molecule has 6 rings (SSSR count). The van der Waals surface area contributed by atoms with Gasteiger partial charge in [0.15, 0.2) is 11.5 Å². The molecule has 200 valence electrons. The number of rotatable bonds is 7. The molecule has 2 aromatic carbocycles. The van der Waals surface area contributed by atoms with E-state index in [1.807, 2.05) is 0 Å². The number of piperazine rings is 1. The van der Waals surface area contributed by atoms with E-state index in [-0.39, 0.29) is 0 Å². The predicted octanol–water partition coefficient (Wildman–Crippen LogP) is 5.36. The number of nitrogens with one attached hydrogen (secondary N) is 1. The Balaban J connectivity index is 1.24. The average Bonchev–Trinajstić information content (AvgIpc) is 2.92. The second-order valence-electron chi connectivity index (χ2n) is 12.3. The van der Waals surface area contributed by atoms with Gasteiger partial charge in [0, 0.05) is 44.2 Å². The number of fused-ring (bicyclic) bond motifs is 1. The predicted molar refractivity (Wildman–Crippen MR) is 150 cm³/mol. The lowest BCUT2D eigenvalue weighted by Gasteiger charge is -2.60. The summed E-state index contributed by atoms with van der Waals surface area (Å²) < 4.78 is 11.2. The summed E-state index contributed by atoms with van der Waals surface area (Å²) in [6.07, 6.45) is 6.63. The van der Waals surface area contributed by atoms with Crippen LogP contribution in [0.1, 0.15) is 79.7 Å². The average molecular weight is 504 g/mol. The minimum atomic E-state index is 0.481. The first-order chi connectivity index (χ1) is 18.0. The zero-order valence-electron chi connectivity index (χ0n) is 23.3. The van der Waals surface area contributed by atoms with Gasteiger partial charge in [-0.05, 0) is 90.9 Å². The van der Waals surface area contributed by atoms with Crippen molar-refractivity contribution in [3.05, 3.63) is 58.7 Å². The number of hydrogen-bond acceptors (Lipinski definition) is 5. The molecule has 2 aliphatic heterocycles. The van der Waals surface area contributed by atoms with Crippen LogP contribution in [0.4, 0.5) is 0 Å². The Morgan fingerprint density at radius 3 is 2.43 bits per heavy atom. The van der Waals surface area contributed by atoms with Gasteiger partial charge in [-0.3, -0.25) is 9.80 Å². The summed E-state index contributed by atoms with van der Waals surface area (Å²) >= 11 is 0. The molecular formula is C32H45N3O2. The van der Waals surface area contributed by atoms with E-state index in [9.17, 15) is 0 Å². The fraction of sp³-hybridized carbons (Fsp3) is 0.625. The normalized spacial score (nSPS) is 27.4. The van der Waals surface area contributed by atoms with Crippen molar-refractivity contribution in [2.45, 2.75) is 69.9 Å². The standard InChI is InChI=1S/C32H45N3O2/c1-22(2)25-7-5-6-8-26(25)28-21-34(15-16-35(28)31-9-10-32(31)11-13-33-14-12-32)20-24-17-23-18-29(36-3)30(37-4)19-27(23)24/h5-8,18-19,22,24,28,31,33H,9-17,20-21H2,1-4H3/t24?,28-,31?/m0/s1. The number of methoxy groups -OCH3 is 2. The molecule has 5 nitrogen and oxygen atoms in total. The maximum absolute atomic E-state index is 5.62. The van der Waals surface area contributed by atoms with Crippen molar-refractivity contribution < 1.29 is 9.47 Å². The zero-order valence-corrected chi connectivity index (χ0v) is 23.3. The molecule has 2 heterocycles. The molecule has 5 heteroatoms. The van der Waals surface area contributed by atoms with Gasteiger partial charge in [-0.2, -0.15) is 0 Å². The SMILES string of the molecule is COc1cc2c(cc1OC)C(CN1CCN(C3CCC34CCNCC4)[C@H](c3ccccc3C(C)C)C1)C2. The summed E-state index contributed by atoms with van der Waals surface area (Å²) in [4.78, 5) is 5.71.